The van der Waals surface area contributed by atoms with Gasteiger partial charge in [-0.25, -0.2) is 0 Å². The Morgan fingerprint density at radius 2 is 0.748 bits per heavy atom. The van der Waals surface area contributed by atoms with Crippen molar-refractivity contribution in [3.05, 3.63) is 161 Å². The van der Waals surface area contributed by atoms with Gasteiger partial charge in [-0.3, -0.25) is 58.7 Å². The smallest absolute Gasteiger partial charge is 0.282 e. The summed E-state index contributed by atoms with van der Waals surface area (Å²) in [6.07, 6.45) is 1.78. The highest BCUT2D eigenvalue weighted by Gasteiger charge is 2.61. The number of halogens is 1. The van der Waals surface area contributed by atoms with Gasteiger partial charge >= 0.3 is 0 Å². The third kappa shape index (κ3) is 18.3. The molecule has 6 bridgehead atoms. The third-order valence-corrected chi connectivity index (χ3v) is 29.9. The molecule has 9 aliphatic carbocycles. The molecule has 5 aromatic carbocycles. The lowest BCUT2D eigenvalue weighted by Gasteiger charge is -2.62. The van der Waals surface area contributed by atoms with Gasteiger partial charge in [-0.05, 0) is 227 Å². The Morgan fingerprint density at radius 3 is 1.00 bits per heavy atom. The van der Waals surface area contributed by atoms with Crippen LogP contribution in [0.25, 0.3) is 22.3 Å². The van der Waals surface area contributed by atoms with Crippen molar-refractivity contribution >= 4 is 63.5 Å². The number of nitro groups is 2. The van der Waals surface area contributed by atoms with Crippen LogP contribution < -0.4 is 16.0 Å². The first-order chi connectivity index (χ1) is 56.1. The summed E-state index contributed by atoms with van der Waals surface area (Å²) >= 11 is 2.27. The zero-order valence-electron chi connectivity index (χ0n) is 71.3. The molecule has 0 radical (unpaired) electrons. The van der Waals surface area contributed by atoms with Crippen LogP contribution in [0.4, 0.5) is 11.4 Å². The topological polar surface area (TPSA) is 373 Å². The quantitative estimate of drug-likeness (QED) is 0.0157. The molecule has 12 aliphatic rings. The Bertz CT molecular complexity index is 4330. The summed E-state index contributed by atoms with van der Waals surface area (Å²) in [7, 11) is 6.17. The van der Waals surface area contributed by atoms with Crippen molar-refractivity contribution in [2.75, 3.05) is 48.0 Å². The SMILES string of the molecule is C[C@@H]1[C@@H](NC(=O)[C@@H]2[C@H]([C@H](C)O)[C@H](CO)ON2Cc2cccc(-c3ccc(C(=O)N(C)C)c([N+](=O)[O-])c3)c2)C[C@H]2C[C@@H]1C2(C)C.C[C@@H]1[C@@H](NC(=O)[C@@H]2[C@H]([C@H](C)O)[C@H](CO)ON2Cc2cccc(-c3ccc(C(=O)N(C)C)c([N+](=O)[O-])c3)c2)C[C@H]2C[C@@H]1C2(C)C.C[C@@H]1[C@@H](NC(=O)[C@@H]2[C@H]([C@H](C)O)[C@H](CO)ON2Cc2cccc(I)c2)C[C@H]2C[C@@H]1C2(C)C. The van der Waals surface area contributed by atoms with Crippen LogP contribution in [-0.2, 0) is 48.5 Å². The van der Waals surface area contributed by atoms with Crippen LogP contribution in [0, 0.1) is 111 Å². The van der Waals surface area contributed by atoms with Crippen molar-refractivity contribution in [2.24, 2.45) is 87.3 Å². The van der Waals surface area contributed by atoms with Crippen LogP contribution in [-0.4, -0.2) is 216 Å². The highest BCUT2D eigenvalue weighted by molar-refractivity contribution is 14.1. The third-order valence-electron chi connectivity index (χ3n) is 29.3. The van der Waals surface area contributed by atoms with Crippen molar-refractivity contribution in [3.63, 3.8) is 0 Å². The number of rotatable bonds is 24. The molecule has 3 saturated heterocycles. The van der Waals surface area contributed by atoms with E-state index >= 15 is 0 Å². The average Bonchev–Trinajstić information content (AvgIpc) is 1.66. The largest absolute Gasteiger partial charge is 0.394 e. The minimum atomic E-state index is -0.903. The molecule has 119 heavy (non-hydrogen) atoms. The molecule has 17 rings (SSSR count). The first-order valence-corrected chi connectivity index (χ1v) is 43.2. The molecule has 0 spiro atoms. The molecule has 29 heteroatoms. The maximum absolute atomic E-state index is 13.9. The molecule has 3 heterocycles. The zero-order chi connectivity index (χ0) is 86.7. The van der Waals surface area contributed by atoms with Gasteiger partial charge in [0, 0.05) is 79.8 Å². The van der Waals surface area contributed by atoms with E-state index in [1.54, 1.807) is 76.3 Å². The van der Waals surface area contributed by atoms with E-state index in [4.69, 9.17) is 14.5 Å². The summed E-state index contributed by atoms with van der Waals surface area (Å²) in [4.78, 5) is 110. The average molecular weight is 1760 g/mol. The lowest BCUT2D eigenvalue weighted by atomic mass is 9.45. The van der Waals surface area contributed by atoms with Gasteiger partial charge in [0.2, 0.25) is 17.7 Å². The van der Waals surface area contributed by atoms with E-state index in [1.807, 2.05) is 66.7 Å². The van der Waals surface area contributed by atoms with Gasteiger partial charge in [0.25, 0.3) is 23.2 Å². The molecule has 5 amide bonds. The predicted octanol–water partition coefficient (Wildman–Crippen LogP) is 10.2. The van der Waals surface area contributed by atoms with Crippen molar-refractivity contribution in [3.8, 4) is 22.3 Å². The summed E-state index contributed by atoms with van der Waals surface area (Å²) in [5.74, 6) is 1.36. The Balaban J connectivity index is 0.000000167. The number of amides is 5. The molecule has 12 fully saturated rings. The monoisotopic (exact) mass is 1760 g/mol. The molecule has 24 atom stereocenters. The van der Waals surface area contributed by atoms with Crippen molar-refractivity contribution < 1.29 is 79.0 Å². The number of hydroxylamine groups is 6. The molecule has 0 aromatic heterocycles. The minimum Gasteiger partial charge on any atom is -0.394 e. The maximum Gasteiger partial charge on any atom is 0.282 e. The second kappa shape index (κ2) is 36.5. The van der Waals surface area contributed by atoms with E-state index in [9.17, 15) is 74.8 Å². The molecule has 3 aliphatic heterocycles. The van der Waals surface area contributed by atoms with E-state index in [0.717, 1.165) is 39.5 Å². The molecule has 5 aromatic rings. The first-order valence-electron chi connectivity index (χ1n) is 42.1. The number of aliphatic hydroxyl groups excluding tert-OH is 6. The molecule has 0 unspecified atom stereocenters. The van der Waals surface area contributed by atoms with Crippen molar-refractivity contribution in [1.82, 2.24) is 40.9 Å². The number of hydrogen-bond acceptors (Lipinski definition) is 21. The van der Waals surface area contributed by atoms with Gasteiger partial charge in [-0.2, -0.15) is 15.2 Å². The number of fused-ring (bicyclic) bond motifs is 6. The summed E-state index contributed by atoms with van der Waals surface area (Å²) in [5, 5.41) is 100. The van der Waals surface area contributed by atoms with Gasteiger partial charge < -0.3 is 56.4 Å². The standard InChI is InChI=1S/2C33H44N4O7.C24H35IN2O4/c2*1-18-25-14-23(33(25,3)4)15-26(18)34-31(40)30-29(19(2)39)28(17-38)44-36(30)16-20-8-7-9-21(12-20)22-10-11-24(32(41)35(5)6)27(13-22)37(42)43;1-13-18-9-16(24(18,3)4)10-19(13)26-23(30)22-21(14(2)29)20(12-28)31-27(22)11-15-6-5-7-17(25)8-15/h2*7-13,18-19,23,25-26,28-30,38-39H,14-17H2,1-6H3,(H,34,40);5-8,13-14,16,18-22,28-29H,9-12H2,1-4H3,(H,26,30)/t2*18-,19-,23+,25-,26-,28-,29+,30-;13-,14-,16+,18-,19-,20-,21+,22-/m000/s1. The fourth-order valence-corrected chi connectivity index (χ4v) is 22.5. The summed E-state index contributed by atoms with van der Waals surface area (Å²) in [5.41, 5.74) is 5.45. The fourth-order valence-electron chi connectivity index (χ4n) is 21.9. The minimum absolute atomic E-state index is 0.00610. The number of nitrogens with zero attached hydrogens (tertiary/aromatic N) is 7. The van der Waals surface area contributed by atoms with Gasteiger partial charge in [0.1, 0.15) is 47.6 Å². The van der Waals surface area contributed by atoms with Crippen LogP contribution in [0.15, 0.2) is 109 Å². The number of aliphatic hydroxyl groups is 6. The number of nitro benzene ring substituents is 2. The summed E-state index contributed by atoms with van der Waals surface area (Å²) in [6, 6.07) is 29.7. The molecule has 9 saturated carbocycles. The highest BCUT2D eigenvalue weighted by Crippen LogP contribution is 2.64. The summed E-state index contributed by atoms with van der Waals surface area (Å²) in [6.45, 7) is 25.4. The van der Waals surface area contributed by atoms with Gasteiger partial charge in [0.05, 0.1) is 67.6 Å². The molecular formula is C90H123IN10O18. The van der Waals surface area contributed by atoms with Crippen LogP contribution >= 0.6 is 22.6 Å². The Kier molecular flexibility index (Phi) is 27.8. The number of carbonyl (C=O) groups excluding carboxylic acids is 5. The van der Waals surface area contributed by atoms with Crippen LogP contribution in [0.5, 0.6) is 0 Å². The van der Waals surface area contributed by atoms with E-state index in [2.05, 4.69) is 107 Å². The molecule has 28 nitrogen and oxygen atoms in total. The van der Waals surface area contributed by atoms with E-state index < -0.39 is 94.2 Å². The predicted molar refractivity (Wildman–Crippen MR) is 455 cm³/mol. The lowest BCUT2D eigenvalue weighted by Crippen LogP contribution is -2.62. The number of carbonyl (C=O) groups is 5. The fraction of sp³-hybridized carbons (Fsp3) is 0.611. The second-order valence-corrected chi connectivity index (χ2v) is 38.9. The van der Waals surface area contributed by atoms with Gasteiger partial charge in [-0.1, -0.05) is 123 Å². The van der Waals surface area contributed by atoms with Crippen molar-refractivity contribution in [1.29, 1.82) is 0 Å². The Labute approximate surface area is 711 Å². The summed E-state index contributed by atoms with van der Waals surface area (Å²) < 4.78 is 1.11. The normalized spacial score (nSPS) is 31.9. The highest BCUT2D eigenvalue weighted by atomic mass is 127. The van der Waals surface area contributed by atoms with Gasteiger partial charge in [0.15, 0.2) is 0 Å². The van der Waals surface area contributed by atoms with Crippen LogP contribution in [0.2, 0.25) is 0 Å². The van der Waals surface area contributed by atoms with Crippen LogP contribution in [0.3, 0.4) is 0 Å². The van der Waals surface area contributed by atoms with Crippen LogP contribution in [0.1, 0.15) is 159 Å². The Morgan fingerprint density at radius 1 is 0.462 bits per heavy atom. The zero-order valence-corrected chi connectivity index (χ0v) is 73.5. The van der Waals surface area contributed by atoms with E-state index in [1.165, 1.54) is 53.3 Å². The van der Waals surface area contributed by atoms with E-state index in [0.29, 0.717) is 87.5 Å². The number of nitrogens with one attached hydrogen (secondary N) is 3. The second-order valence-electron chi connectivity index (χ2n) is 37.6. The first kappa shape index (κ1) is 90.7. The maximum atomic E-state index is 13.9. The van der Waals surface area contributed by atoms with Gasteiger partial charge in [-0.15, -0.1) is 0 Å². The molecular weight excluding hydrogens is 1640 g/mol. The number of hydrogen-bond donors (Lipinski definition) is 9. The Hall–Kier alpha value is -7.50. The lowest BCUT2D eigenvalue weighted by molar-refractivity contribution is -0.385. The molecule has 648 valence electrons. The molecule has 9 N–H and O–H groups in total. The van der Waals surface area contributed by atoms with E-state index in [-0.39, 0.29) is 102 Å². The van der Waals surface area contributed by atoms with Crippen molar-refractivity contribution in [2.45, 2.75) is 214 Å². The number of benzene rings is 5.